The third kappa shape index (κ3) is 1.60. The van der Waals surface area contributed by atoms with Crippen molar-refractivity contribution in [2.45, 2.75) is 6.54 Å². The largest absolute Gasteiger partial charge is 0.443 e. The normalized spacial score (nSPS) is 11.1. The maximum Gasteiger partial charge on any atom is 0.181 e. The van der Waals surface area contributed by atoms with E-state index < -0.39 is 0 Å². The molecule has 0 saturated carbocycles. The second-order valence-electron chi connectivity index (χ2n) is 3.75. The molecule has 3 aromatic heterocycles. The van der Waals surface area contributed by atoms with Gasteiger partial charge < -0.3 is 9.73 Å². The van der Waals surface area contributed by atoms with Crippen molar-refractivity contribution in [3.05, 3.63) is 42.7 Å². The molecule has 0 saturated heterocycles. The summed E-state index contributed by atoms with van der Waals surface area (Å²) in [4.78, 5) is 4.20. The summed E-state index contributed by atoms with van der Waals surface area (Å²) < 4.78 is 7.29. The Morgan fingerprint density at radius 3 is 3.24 bits per heavy atom. The predicted molar refractivity (Wildman–Crippen MR) is 63.5 cm³/mol. The molecule has 0 amide bonds. The fourth-order valence-electron chi connectivity index (χ4n) is 1.89. The summed E-state index contributed by atoms with van der Waals surface area (Å²) in [7, 11) is 1.88. The third-order valence-electron chi connectivity index (χ3n) is 2.66. The Labute approximate surface area is 98.1 Å². The van der Waals surface area contributed by atoms with Crippen LogP contribution in [0.4, 0.5) is 0 Å². The van der Waals surface area contributed by atoms with Crippen molar-refractivity contribution in [1.82, 2.24) is 19.9 Å². The van der Waals surface area contributed by atoms with Gasteiger partial charge in [0.15, 0.2) is 12.2 Å². The number of aromatic nitrogens is 3. The van der Waals surface area contributed by atoms with Crippen LogP contribution in [0, 0.1) is 0 Å². The molecule has 0 aromatic carbocycles. The van der Waals surface area contributed by atoms with Gasteiger partial charge in [-0.3, -0.25) is 0 Å². The second-order valence-corrected chi connectivity index (χ2v) is 3.75. The lowest BCUT2D eigenvalue weighted by molar-refractivity contribution is 0.571. The molecule has 17 heavy (non-hydrogen) atoms. The van der Waals surface area contributed by atoms with E-state index in [1.165, 1.54) is 6.39 Å². The van der Waals surface area contributed by atoms with Crippen molar-refractivity contribution in [2.75, 3.05) is 7.05 Å². The zero-order chi connectivity index (χ0) is 11.7. The monoisotopic (exact) mass is 228 g/mol. The maximum absolute atomic E-state index is 5.47. The highest BCUT2D eigenvalue weighted by Gasteiger charge is 2.14. The summed E-state index contributed by atoms with van der Waals surface area (Å²) in [5, 5.41) is 7.36. The number of hydrogen-bond acceptors (Lipinski definition) is 4. The number of hydrogen-bond donors (Lipinski definition) is 1. The van der Waals surface area contributed by atoms with Crippen LogP contribution in [-0.4, -0.2) is 21.6 Å². The molecule has 5 heteroatoms. The van der Waals surface area contributed by atoms with Crippen LogP contribution >= 0.6 is 0 Å². The number of oxazole rings is 1. The average molecular weight is 228 g/mol. The first kappa shape index (κ1) is 10.0. The molecule has 0 atom stereocenters. The van der Waals surface area contributed by atoms with Gasteiger partial charge in [0.25, 0.3) is 0 Å². The summed E-state index contributed by atoms with van der Waals surface area (Å²) in [6.45, 7) is 0.677. The van der Waals surface area contributed by atoms with E-state index in [4.69, 9.17) is 4.42 Å². The Hall–Kier alpha value is -2.14. The van der Waals surface area contributed by atoms with E-state index in [2.05, 4.69) is 15.4 Å². The van der Waals surface area contributed by atoms with Gasteiger partial charge in [0.1, 0.15) is 5.69 Å². The number of pyridine rings is 1. The van der Waals surface area contributed by atoms with Gasteiger partial charge in [-0.25, -0.2) is 9.50 Å². The summed E-state index contributed by atoms with van der Waals surface area (Å²) >= 11 is 0. The molecular formula is C12H12N4O. The number of nitrogens with zero attached hydrogens (tertiary/aromatic N) is 3. The smallest absolute Gasteiger partial charge is 0.181 e. The Morgan fingerprint density at radius 2 is 2.35 bits per heavy atom. The molecule has 86 valence electrons. The van der Waals surface area contributed by atoms with Crippen LogP contribution < -0.4 is 5.32 Å². The summed E-state index contributed by atoms with van der Waals surface area (Å²) in [6.07, 6.45) is 5.18. The van der Waals surface area contributed by atoms with Crippen LogP contribution in [0.25, 0.3) is 16.8 Å². The molecule has 0 aliphatic carbocycles. The predicted octanol–water partition coefficient (Wildman–Crippen LogP) is 1.71. The van der Waals surface area contributed by atoms with Crippen LogP contribution in [-0.2, 0) is 6.54 Å². The summed E-state index contributed by atoms with van der Waals surface area (Å²) in [5.74, 6) is 0.778. The Balaban J connectivity index is 2.17. The molecule has 0 bridgehead atoms. The van der Waals surface area contributed by atoms with E-state index in [0.717, 1.165) is 22.5 Å². The molecule has 5 nitrogen and oxygen atoms in total. The van der Waals surface area contributed by atoms with E-state index in [-0.39, 0.29) is 0 Å². The quantitative estimate of drug-likeness (QED) is 0.741. The highest BCUT2D eigenvalue weighted by Crippen LogP contribution is 2.26. The molecule has 0 fully saturated rings. The van der Waals surface area contributed by atoms with Crippen molar-refractivity contribution >= 4 is 5.52 Å². The van der Waals surface area contributed by atoms with Crippen LogP contribution in [0.1, 0.15) is 5.69 Å². The van der Waals surface area contributed by atoms with Gasteiger partial charge in [0.05, 0.1) is 17.3 Å². The fraction of sp³-hybridized carbons (Fsp3) is 0.167. The van der Waals surface area contributed by atoms with Gasteiger partial charge >= 0.3 is 0 Å². The van der Waals surface area contributed by atoms with Gasteiger partial charge in [-0.05, 0) is 19.2 Å². The van der Waals surface area contributed by atoms with E-state index in [1.807, 2.05) is 36.0 Å². The van der Waals surface area contributed by atoms with Crippen molar-refractivity contribution in [2.24, 2.45) is 0 Å². The highest BCUT2D eigenvalue weighted by molar-refractivity contribution is 5.77. The number of fused-ring (bicyclic) bond motifs is 1. The van der Waals surface area contributed by atoms with E-state index in [1.54, 1.807) is 6.20 Å². The molecule has 0 aliphatic rings. The zero-order valence-electron chi connectivity index (χ0n) is 9.42. The Kier molecular flexibility index (Phi) is 2.38. The first-order valence-corrected chi connectivity index (χ1v) is 5.40. The molecule has 0 radical (unpaired) electrons. The molecule has 0 spiro atoms. The van der Waals surface area contributed by atoms with Crippen LogP contribution in [0.5, 0.6) is 0 Å². The topological polar surface area (TPSA) is 55.4 Å². The second kappa shape index (κ2) is 4.03. The van der Waals surface area contributed by atoms with Gasteiger partial charge in [-0.15, -0.1) is 0 Å². The lowest BCUT2D eigenvalue weighted by Gasteiger charge is -1.98. The van der Waals surface area contributed by atoms with Crippen molar-refractivity contribution < 1.29 is 4.42 Å². The maximum atomic E-state index is 5.47. The summed E-state index contributed by atoms with van der Waals surface area (Å²) in [5.41, 5.74) is 2.88. The van der Waals surface area contributed by atoms with Gasteiger partial charge in [-0.2, -0.15) is 5.10 Å². The number of rotatable bonds is 3. The molecule has 3 rings (SSSR count). The molecule has 0 unspecified atom stereocenters. The standard InChI is InChI=1S/C12H12N4O/c1-13-7-10-12(17-8-14-10)9-6-15-16-5-3-2-4-11(9)16/h2-6,8,13H,7H2,1H3. The van der Waals surface area contributed by atoms with Crippen molar-refractivity contribution in [3.63, 3.8) is 0 Å². The van der Waals surface area contributed by atoms with Gasteiger partial charge in [0, 0.05) is 12.7 Å². The van der Waals surface area contributed by atoms with Crippen LogP contribution in [0.2, 0.25) is 0 Å². The van der Waals surface area contributed by atoms with Gasteiger partial charge in [0.2, 0.25) is 0 Å². The Morgan fingerprint density at radius 1 is 1.41 bits per heavy atom. The van der Waals surface area contributed by atoms with E-state index in [9.17, 15) is 0 Å². The minimum absolute atomic E-state index is 0.677. The lowest BCUT2D eigenvalue weighted by Crippen LogP contribution is -2.06. The first-order valence-electron chi connectivity index (χ1n) is 5.40. The highest BCUT2D eigenvalue weighted by atomic mass is 16.3. The van der Waals surface area contributed by atoms with Crippen molar-refractivity contribution in [3.8, 4) is 11.3 Å². The van der Waals surface area contributed by atoms with E-state index >= 15 is 0 Å². The third-order valence-corrected chi connectivity index (χ3v) is 2.66. The molecule has 3 aromatic rings. The molecule has 1 N–H and O–H groups in total. The minimum atomic E-state index is 0.677. The van der Waals surface area contributed by atoms with Gasteiger partial charge in [-0.1, -0.05) is 6.07 Å². The summed E-state index contributed by atoms with van der Waals surface area (Å²) in [6, 6.07) is 5.93. The van der Waals surface area contributed by atoms with E-state index in [0.29, 0.717) is 6.54 Å². The Bertz CT molecular complexity index is 641. The van der Waals surface area contributed by atoms with Crippen molar-refractivity contribution in [1.29, 1.82) is 0 Å². The average Bonchev–Trinajstić information content (AvgIpc) is 2.95. The lowest BCUT2D eigenvalue weighted by atomic mass is 10.2. The van der Waals surface area contributed by atoms with Crippen LogP contribution in [0.15, 0.2) is 41.4 Å². The SMILES string of the molecule is CNCc1ncoc1-c1cnn2ccccc12. The molecule has 3 heterocycles. The molecular weight excluding hydrogens is 216 g/mol. The first-order chi connectivity index (χ1) is 8.40. The minimum Gasteiger partial charge on any atom is -0.443 e. The molecule has 0 aliphatic heterocycles. The zero-order valence-corrected chi connectivity index (χ0v) is 9.42. The fourth-order valence-corrected chi connectivity index (χ4v) is 1.89. The van der Waals surface area contributed by atoms with Crippen LogP contribution in [0.3, 0.4) is 0 Å². The number of nitrogens with one attached hydrogen (secondary N) is 1.